The first-order valence-corrected chi connectivity index (χ1v) is 6.44. The molecule has 96 valence electrons. The van der Waals surface area contributed by atoms with Gasteiger partial charge in [-0.3, -0.25) is 4.79 Å². The van der Waals surface area contributed by atoms with E-state index in [1.54, 1.807) is 13.0 Å². The molecule has 0 aromatic heterocycles. The first-order chi connectivity index (χ1) is 8.66. The number of nitrogens with zero attached hydrogens (tertiary/aromatic N) is 1. The van der Waals surface area contributed by atoms with Gasteiger partial charge >= 0.3 is 0 Å². The molecule has 1 aromatic carbocycles. The molecule has 2 fully saturated rings. The summed E-state index contributed by atoms with van der Waals surface area (Å²) in [5, 5.41) is 3.33. The van der Waals surface area contributed by atoms with Gasteiger partial charge in [0.15, 0.2) is 0 Å². The summed E-state index contributed by atoms with van der Waals surface area (Å²) < 4.78 is 13.1. The van der Waals surface area contributed by atoms with Crippen LogP contribution < -0.4 is 5.32 Å². The zero-order chi connectivity index (χ0) is 12.7. The highest BCUT2D eigenvalue weighted by molar-refractivity contribution is 5.96. The summed E-state index contributed by atoms with van der Waals surface area (Å²) in [6.45, 7) is 4.51. The zero-order valence-electron chi connectivity index (χ0n) is 10.4. The molecule has 0 saturated carbocycles. The normalized spacial score (nSPS) is 26.4. The van der Waals surface area contributed by atoms with Gasteiger partial charge in [-0.05, 0) is 43.0 Å². The fourth-order valence-corrected chi connectivity index (χ4v) is 3.12. The molecule has 0 radical (unpaired) electrons. The lowest BCUT2D eigenvalue weighted by Crippen LogP contribution is -2.39. The van der Waals surface area contributed by atoms with Crippen LogP contribution in [-0.2, 0) is 0 Å². The van der Waals surface area contributed by atoms with Crippen molar-refractivity contribution in [1.82, 2.24) is 10.2 Å². The molecule has 3 rings (SSSR count). The van der Waals surface area contributed by atoms with Gasteiger partial charge in [-0.2, -0.15) is 0 Å². The van der Waals surface area contributed by atoms with Crippen LogP contribution in [0.5, 0.6) is 0 Å². The Hall–Kier alpha value is -1.42. The summed E-state index contributed by atoms with van der Waals surface area (Å²) in [7, 11) is 0. The average Bonchev–Trinajstić information content (AvgIpc) is 2.89. The van der Waals surface area contributed by atoms with Crippen molar-refractivity contribution in [2.24, 2.45) is 5.92 Å². The number of rotatable bonds is 1. The molecule has 0 aliphatic carbocycles. The van der Waals surface area contributed by atoms with Crippen LogP contribution in [0.2, 0.25) is 0 Å². The first kappa shape index (κ1) is 11.7. The molecule has 2 aliphatic rings. The Balaban J connectivity index is 1.86. The van der Waals surface area contributed by atoms with E-state index < -0.39 is 0 Å². The molecule has 18 heavy (non-hydrogen) atoms. The number of amides is 1. The summed E-state index contributed by atoms with van der Waals surface area (Å²) in [5.41, 5.74) is 1.35. The van der Waals surface area contributed by atoms with E-state index in [0.717, 1.165) is 31.6 Å². The predicted molar refractivity (Wildman–Crippen MR) is 66.9 cm³/mol. The highest BCUT2D eigenvalue weighted by Crippen LogP contribution is 2.29. The van der Waals surface area contributed by atoms with Crippen LogP contribution in [0, 0.1) is 18.7 Å². The number of carbonyl (C=O) groups excluding carboxylic acids is 1. The van der Waals surface area contributed by atoms with Gasteiger partial charge in [-0.25, -0.2) is 4.39 Å². The number of nitrogens with one attached hydrogen (secondary N) is 1. The second kappa shape index (κ2) is 4.35. The minimum Gasteiger partial charge on any atom is -0.334 e. The maximum absolute atomic E-state index is 13.1. The minimum atomic E-state index is -0.286. The van der Waals surface area contributed by atoms with Crippen molar-refractivity contribution >= 4 is 5.91 Å². The summed E-state index contributed by atoms with van der Waals surface area (Å²) in [4.78, 5) is 14.4. The molecule has 0 unspecified atom stereocenters. The van der Waals surface area contributed by atoms with Gasteiger partial charge in [0, 0.05) is 31.2 Å². The number of aryl methyl sites for hydroxylation is 1. The summed E-state index contributed by atoms with van der Waals surface area (Å²) >= 11 is 0. The highest BCUT2D eigenvalue weighted by atomic mass is 19.1. The smallest absolute Gasteiger partial charge is 0.254 e. The van der Waals surface area contributed by atoms with E-state index in [1.807, 2.05) is 4.90 Å². The van der Waals surface area contributed by atoms with Gasteiger partial charge in [0.05, 0.1) is 0 Å². The molecule has 4 heteroatoms. The van der Waals surface area contributed by atoms with E-state index in [1.165, 1.54) is 12.1 Å². The minimum absolute atomic E-state index is 0.0451. The standard InChI is InChI=1S/C14H17FN2O/c1-9-6-11(15)2-3-12(9)14(18)17-5-4-10-7-16-8-13(10)17/h2-3,6,10,13,16H,4-5,7-8H2,1H3/t10-,13+/m0/s1. The third-order valence-corrected chi connectivity index (χ3v) is 4.13. The van der Waals surface area contributed by atoms with Crippen LogP contribution in [0.4, 0.5) is 4.39 Å². The first-order valence-electron chi connectivity index (χ1n) is 6.44. The molecular weight excluding hydrogens is 231 g/mol. The van der Waals surface area contributed by atoms with Crippen LogP contribution in [0.1, 0.15) is 22.3 Å². The lowest BCUT2D eigenvalue weighted by molar-refractivity contribution is 0.0736. The molecule has 1 amide bonds. The van der Waals surface area contributed by atoms with E-state index in [2.05, 4.69) is 5.32 Å². The van der Waals surface area contributed by atoms with Gasteiger partial charge < -0.3 is 10.2 Å². The second-order valence-corrected chi connectivity index (χ2v) is 5.23. The molecule has 2 atom stereocenters. The molecular formula is C14H17FN2O. The highest BCUT2D eigenvalue weighted by Gasteiger charge is 2.40. The van der Waals surface area contributed by atoms with Crippen LogP contribution in [0.15, 0.2) is 18.2 Å². The van der Waals surface area contributed by atoms with Gasteiger partial charge in [0.25, 0.3) is 5.91 Å². The van der Waals surface area contributed by atoms with Crippen LogP contribution >= 0.6 is 0 Å². The summed E-state index contributed by atoms with van der Waals surface area (Å²) in [5.74, 6) is 0.351. The molecule has 3 nitrogen and oxygen atoms in total. The SMILES string of the molecule is Cc1cc(F)ccc1C(=O)N1CC[C@H]2CNC[C@H]21. The number of carbonyl (C=O) groups is 1. The molecule has 0 spiro atoms. The summed E-state index contributed by atoms with van der Waals surface area (Å²) in [6.07, 6.45) is 1.07. The fourth-order valence-electron chi connectivity index (χ4n) is 3.12. The predicted octanol–water partition coefficient (Wildman–Crippen LogP) is 1.57. The number of likely N-dealkylation sites (tertiary alicyclic amines) is 1. The van der Waals surface area contributed by atoms with Crippen molar-refractivity contribution in [2.45, 2.75) is 19.4 Å². The molecule has 2 aliphatic heterocycles. The van der Waals surface area contributed by atoms with Crippen LogP contribution in [0.25, 0.3) is 0 Å². The Morgan fingerprint density at radius 3 is 3.06 bits per heavy atom. The van der Waals surface area contributed by atoms with Gasteiger partial charge in [-0.15, -0.1) is 0 Å². The third-order valence-electron chi connectivity index (χ3n) is 4.13. The number of fused-ring (bicyclic) bond motifs is 1. The Morgan fingerprint density at radius 1 is 1.44 bits per heavy atom. The maximum Gasteiger partial charge on any atom is 0.254 e. The van der Waals surface area contributed by atoms with E-state index in [4.69, 9.17) is 0 Å². The number of halogens is 1. The Labute approximate surface area is 106 Å². The zero-order valence-corrected chi connectivity index (χ0v) is 10.4. The third kappa shape index (κ3) is 1.81. The monoisotopic (exact) mass is 248 g/mol. The molecule has 0 bridgehead atoms. The van der Waals surface area contributed by atoms with Crippen molar-refractivity contribution in [3.05, 3.63) is 35.1 Å². The van der Waals surface area contributed by atoms with E-state index in [0.29, 0.717) is 17.5 Å². The van der Waals surface area contributed by atoms with Crippen molar-refractivity contribution in [1.29, 1.82) is 0 Å². The molecule has 2 heterocycles. The molecule has 2 saturated heterocycles. The van der Waals surface area contributed by atoms with Crippen molar-refractivity contribution < 1.29 is 9.18 Å². The Bertz CT molecular complexity index is 489. The van der Waals surface area contributed by atoms with E-state index in [9.17, 15) is 9.18 Å². The van der Waals surface area contributed by atoms with Gasteiger partial charge in [-0.1, -0.05) is 0 Å². The Kier molecular flexibility index (Phi) is 2.82. The van der Waals surface area contributed by atoms with Gasteiger partial charge in [0.2, 0.25) is 0 Å². The lowest BCUT2D eigenvalue weighted by atomic mass is 10.0. The quantitative estimate of drug-likeness (QED) is 0.818. The Morgan fingerprint density at radius 2 is 2.28 bits per heavy atom. The van der Waals surface area contributed by atoms with Crippen molar-refractivity contribution in [3.8, 4) is 0 Å². The van der Waals surface area contributed by atoms with Crippen molar-refractivity contribution in [3.63, 3.8) is 0 Å². The average molecular weight is 248 g/mol. The second-order valence-electron chi connectivity index (χ2n) is 5.23. The largest absolute Gasteiger partial charge is 0.334 e. The summed E-state index contributed by atoms with van der Waals surface area (Å²) in [6, 6.07) is 4.71. The van der Waals surface area contributed by atoms with Crippen molar-refractivity contribution in [2.75, 3.05) is 19.6 Å². The van der Waals surface area contributed by atoms with Gasteiger partial charge in [0.1, 0.15) is 5.82 Å². The molecule has 1 N–H and O–H groups in total. The maximum atomic E-state index is 13.1. The molecule has 1 aromatic rings. The topological polar surface area (TPSA) is 32.3 Å². The van der Waals surface area contributed by atoms with Crippen LogP contribution in [0.3, 0.4) is 0 Å². The number of hydrogen-bond acceptors (Lipinski definition) is 2. The number of hydrogen-bond donors (Lipinski definition) is 1. The van der Waals surface area contributed by atoms with Crippen LogP contribution in [-0.4, -0.2) is 36.5 Å². The lowest BCUT2D eigenvalue weighted by Gasteiger charge is -2.24. The fraction of sp³-hybridized carbons (Fsp3) is 0.500. The number of benzene rings is 1. The van der Waals surface area contributed by atoms with E-state index in [-0.39, 0.29) is 11.7 Å². The van der Waals surface area contributed by atoms with E-state index >= 15 is 0 Å².